The minimum atomic E-state index is -0.0921. The Kier molecular flexibility index (Phi) is 4.74. The predicted molar refractivity (Wildman–Crippen MR) is 197 cm³/mol. The normalized spacial score (nSPS) is 14.1. The number of rotatable bonds is 2. The van der Waals surface area contributed by atoms with Crippen LogP contribution in [-0.4, -0.2) is 16.8 Å². The van der Waals surface area contributed by atoms with E-state index in [1.807, 2.05) is 12.1 Å². The van der Waals surface area contributed by atoms with Crippen LogP contribution >= 0.6 is 0 Å². The summed E-state index contributed by atoms with van der Waals surface area (Å²) < 4.78 is 8.96. The highest BCUT2D eigenvalue weighted by molar-refractivity contribution is 6.73. The van der Waals surface area contributed by atoms with Crippen molar-refractivity contribution >= 4 is 62.1 Å². The Hall–Kier alpha value is -5.74. The van der Waals surface area contributed by atoms with Gasteiger partial charge in [-0.1, -0.05) is 129 Å². The van der Waals surface area contributed by atoms with Crippen LogP contribution in [0.1, 0.15) is 25.0 Å². The number of H-pyrrole nitrogens is 1. The molecule has 4 heteroatoms. The van der Waals surface area contributed by atoms with Crippen molar-refractivity contribution < 1.29 is 4.42 Å². The summed E-state index contributed by atoms with van der Waals surface area (Å²) in [6, 6.07) is 46.7. The standard InChI is InChI=1S/C43H29BN2O/c1-43(2)32-19-8-6-14-27(32)41-37(43)30-18-11-20-33-40(30)46(41)34-23-25(24-12-4-3-5-13-24)22-31(38(34)44-33)26-16-10-17-29-36-28-15-7-9-21-35(28)47-42(36)45-39(26)29/h3-23,44-45H,1-2H3. The second-order valence-electron chi connectivity index (χ2n) is 13.8. The van der Waals surface area contributed by atoms with Gasteiger partial charge in [-0.3, -0.25) is 0 Å². The van der Waals surface area contributed by atoms with Gasteiger partial charge in [-0.15, -0.1) is 0 Å². The number of nitrogens with one attached hydrogen (secondary N) is 1. The number of nitrogens with zero attached hydrogens (tertiary/aromatic N) is 1. The minimum Gasteiger partial charge on any atom is -0.440 e. The zero-order valence-electron chi connectivity index (χ0n) is 26.2. The van der Waals surface area contributed by atoms with Gasteiger partial charge in [0, 0.05) is 43.9 Å². The van der Waals surface area contributed by atoms with E-state index < -0.39 is 0 Å². The molecule has 0 bridgehead atoms. The fraction of sp³-hybridized carbons (Fsp3) is 0.0698. The van der Waals surface area contributed by atoms with Gasteiger partial charge in [-0.2, -0.15) is 0 Å². The summed E-state index contributed by atoms with van der Waals surface area (Å²) >= 11 is 0. The van der Waals surface area contributed by atoms with Crippen LogP contribution in [0.2, 0.25) is 0 Å². The summed E-state index contributed by atoms with van der Waals surface area (Å²) in [5.74, 6) is 0. The summed E-state index contributed by atoms with van der Waals surface area (Å²) in [5.41, 5.74) is 18.5. The van der Waals surface area contributed by atoms with Gasteiger partial charge in [-0.05, 0) is 51.5 Å². The van der Waals surface area contributed by atoms with Crippen molar-refractivity contribution in [1.82, 2.24) is 9.55 Å². The molecule has 220 valence electrons. The molecule has 9 aromatic rings. The highest BCUT2D eigenvalue weighted by Crippen LogP contribution is 2.54. The maximum absolute atomic E-state index is 6.35. The van der Waals surface area contributed by atoms with Gasteiger partial charge in [0.2, 0.25) is 5.71 Å². The maximum atomic E-state index is 6.35. The molecule has 1 N–H and O–H groups in total. The molecule has 1 aliphatic heterocycles. The van der Waals surface area contributed by atoms with Gasteiger partial charge < -0.3 is 14.0 Å². The van der Waals surface area contributed by atoms with E-state index in [2.05, 4.69) is 139 Å². The molecule has 4 heterocycles. The van der Waals surface area contributed by atoms with Crippen LogP contribution in [0.3, 0.4) is 0 Å². The molecule has 1 aliphatic carbocycles. The van der Waals surface area contributed by atoms with Crippen LogP contribution in [0.5, 0.6) is 0 Å². The highest BCUT2D eigenvalue weighted by atomic mass is 16.3. The van der Waals surface area contributed by atoms with E-state index in [4.69, 9.17) is 4.42 Å². The van der Waals surface area contributed by atoms with Gasteiger partial charge in [-0.25, -0.2) is 0 Å². The van der Waals surface area contributed by atoms with Gasteiger partial charge >= 0.3 is 0 Å². The number of aromatic nitrogens is 2. The quantitative estimate of drug-likeness (QED) is 0.197. The molecule has 6 aromatic carbocycles. The lowest BCUT2D eigenvalue weighted by atomic mass is 9.58. The number of furan rings is 1. The molecule has 0 radical (unpaired) electrons. The van der Waals surface area contributed by atoms with Crippen LogP contribution in [0, 0.1) is 0 Å². The van der Waals surface area contributed by atoms with Crippen molar-refractivity contribution in [3.8, 4) is 39.2 Å². The summed E-state index contributed by atoms with van der Waals surface area (Å²) in [6.45, 7) is 4.79. The third-order valence-corrected chi connectivity index (χ3v) is 11.0. The average Bonchev–Trinajstić information content (AvgIpc) is 3.82. The van der Waals surface area contributed by atoms with Gasteiger partial charge in [0.25, 0.3) is 0 Å². The lowest BCUT2D eigenvalue weighted by Gasteiger charge is -2.26. The van der Waals surface area contributed by atoms with Crippen molar-refractivity contribution in [2.24, 2.45) is 0 Å². The van der Waals surface area contributed by atoms with E-state index in [-0.39, 0.29) is 5.41 Å². The zero-order chi connectivity index (χ0) is 31.0. The average molecular weight is 601 g/mol. The monoisotopic (exact) mass is 600 g/mol. The van der Waals surface area contributed by atoms with E-state index in [1.54, 1.807) is 0 Å². The topological polar surface area (TPSA) is 33.9 Å². The third-order valence-electron chi connectivity index (χ3n) is 11.0. The van der Waals surface area contributed by atoms with E-state index in [1.165, 1.54) is 77.5 Å². The second-order valence-corrected chi connectivity index (χ2v) is 13.8. The van der Waals surface area contributed by atoms with Crippen molar-refractivity contribution in [2.75, 3.05) is 0 Å². The molecule has 3 nitrogen and oxygen atoms in total. The molecule has 0 saturated carbocycles. The molecule has 3 aromatic heterocycles. The summed E-state index contributed by atoms with van der Waals surface area (Å²) in [5, 5.41) is 4.86. The van der Waals surface area contributed by atoms with Crippen LogP contribution in [0.15, 0.2) is 132 Å². The molecule has 47 heavy (non-hydrogen) atoms. The summed E-state index contributed by atoms with van der Waals surface area (Å²) in [7, 11) is 0.873. The first kappa shape index (κ1) is 25.5. The molecule has 0 atom stereocenters. The number of para-hydroxylation sites is 3. The Morgan fingerprint density at radius 3 is 2.32 bits per heavy atom. The van der Waals surface area contributed by atoms with Crippen molar-refractivity contribution in [1.29, 1.82) is 0 Å². The lowest BCUT2D eigenvalue weighted by Crippen LogP contribution is -2.37. The van der Waals surface area contributed by atoms with E-state index in [0.717, 1.165) is 34.9 Å². The number of hydrogen-bond donors (Lipinski definition) is 1. The number of aromatic amines is 1. The minimum absolute atomic E-state index is 0.0921. The van der Waals surface area contributed by atoms with E-state index in [9.17, 15) is 0 Å². The lowest BCUT2D eigenvalue weighted by molar-refractivity contribution is 0.657. The van der Waals surface area contributed by atoms with Crippen LogP contribution in [0.4, 0.5) is 0 Å². The first-order valence-corrected chi connectivity index (χ1v) is 16.5. The Labute approximate surface area is 272 Å². The molecular formula is C43H29BN2O. The molecule has 0 unspecified atom stereocenters. The second kappa shape index (κ2) is 8.74. The Bertz CT molecular complexity index is 2790. The highest BCUT2D eigenvalue weighted by Gasteiger charge is 2.42. The maximum Gasteiger partial charge on any atom is 0.206 e. The molecule has 0 spiro atoms. The molecule has 0 saturated heterocycles. The predicted octanol–water partition coefficient (Wildman–Crippen LogP) is 9.35. The van der Waals surface area contributed by atoms with Crippen LogP contribution in [0.25, 0.3) is 83.1 Å². The van der Waals surface area contributed by atoms with E-state index >= 15 is 0 Å². The fourth-order valence-corrected chi connectivity index (χ4v) is 8.95. The summed E-state index contributed by atoms with van der Waals surface area (Å²) in [6.07, 6.45) is 0. The Morgan fingerprint density at radius 1 is 0.660 bits per heavy atom. The summed E-state index contributed by atoms with van der Waals surface area (Å²) in [4.78, 5) is 3.73. The van der Waals surface area contributed by atoms with E-state index in [0.29, 0.717) is 0 Å². The number of fused-ring (bicyclic) bond motifs is 12. The van der Waals surface area contributed by atoms with Crippen molar-refractivity contribution in [2.45, 2.75) is 19.3 Å². The first-order valence-electron chi connectivity index (χ1n) is 16.5. The smallest absolute Gasteiger partial charge is 0.206 e. The molecule has 0 fully saturated rings. The zero-order valence-corrected chi connectivity index (χ0v) is 26.2. The first-order chi connectivity index (χ1) is 23.1. The molecule has 0 amide bonds. The van der Waals surface area contributed by atoms with Crippen molar-refractivity contribution in [3.63, 3.8) is 0 Å². The Balaban J connectivity index is 1.28. The van der Waals surface area contributed by atoms with Crippen molar-refractivity contribution in [3.05, 3.63) is 139 Å². The van der Waals surface area contributed by atoms with Crippen LogP contribution in [-0.2, 0) is 5.41 Å². The fourth-order valence-electron chi connectivity index (χ4n) is 8.95. The SMILES string of the molecule is CC1(C)c2ccccc2-c2c1c1cccc3c1n2-c1cc(-c2ccccc2)cc(-c2cccc4c2[nH]c2oc5ccccc5c24)c1B3. The third kappa shape index (κ3) is 3.18. The number of benzene rings is 6. The Morgan fingerprint density at radius 2 is 1.40 bits per heavy atom. The molecule has 11 rings (SSSR count). The van der Waals surface area contributed by atoms with Gasteiger partial charge in [0.15, 0.2) is 7.28 Å². The van der Waals surface area contributed by atoms with Crippen LogP contribution < -0.4 is 10.9 Å². The van der Waals surface area contributed by atoms with Gasteiger partial charge in [0.05, 0.1) is 16.6 Å². The molecule has 2 aliphatic rings. The number of hydrogen-bond acceptors (Lipinski definition) is 1. The van der Waals surface area contributed by atoms with Gasteiger partial charge in [0.1, 0.15) is 5.58 Å². The largest absolute Gasteiger partial charge is 0.440 e. The molecular weight excluding hydrogens is 571 g/mol.